The molecular weight excluding hydrogens is 326 g/mol. The minimum Gasteiger partial charge on any atom is -0.493 e. The van der Waals surface area contributed by atoms with Gasteiger partial charge in [-0.2, -0.15) is 0 Å². The molecule has 0 fully saturated rings. The Morgan fingerprint density at radius 1 is 1.45 bits per heavy atom. The molecule has 1 amide bonds. The molecule has 0 heterocycles. The van der Waals surface area contributed by atoms with E-state index in [4.69, 9.17) is 16.3 Å². The van der Waals surface area contributed by atoms with Gasteiger partial charge in [0.25, 0.3) is 0 Å². The molecule has 0 aliphatic carbocycles. The first-order valence-electron chi connectivity index (χ1n) is 5.84. The number of hydrogen-bond acceptors (Lipinski definition) is 3. The third-order valence-corrected chi connectivity index (χ3v) is 2.83. The average Bonchev–Trinajstić information content (AvgIpc) is 2.37. The molecule has 0 aliphatic rings. The smallest absolute Gasteiger partial charge is 0.323 e. The largest absolute Gasteiger partial charge is 0.493 e. The van der Waals surface area contributed by atoms with Gasteiger partial charge >= 0.3 is 5.97 Å². The Bertz CT molecular complexity index is 524. The third kappa shape index (κ3) is 5.76. The molecule has 1 rings (SSSR count). The maximum absolute atomic E-state index is 11.8. The number of carbonyl (C=O) groups is 2. The molecule has 0 bridgehead atoms. The molecule has 0 radical (unpaired) electrons. The van der Waals surface area contributed by atoms with Crippen molar-refractivity contribution in [2.24, 2.45) is 0 Å². The number of benzene rings is 1. The zero-order chi connectivity index (χ0) is 15.0. The topological polar surface area (TPSA) is 66.8 Å². The van der Waals surface area contributed by atoms with E-state index in [-0.39, 0.29) is 25.5 Å². The highest BCUT2D eigenvalue weighted by atomic mass is 79.9. The second-order valence-electron chi connectivity index (χ2n) is 3.90. The van der Waals surface area contributed by atoms with Crippen molar-refractivity contribution in [3.8, 4) is 18.1 Å². The first-order valence-corrected chi connectivity index (χ1v) is 6.63. The SMILES string of the molecule is C#CCN(CC(=O)O)C(=O)CCOc1cccc(Br)c1. The number of amides is 1. The van der Waals surface area contributed by atoms with Crippen LogP contribution in [0.5, 0.6) is 5.75 Å². The van der Waals surface area contributed by atoms with Crippen molar-refractivity contribution in [3.05, 3.63) is 28.7 Å². The van der Waals surface area contributed by atoms with Gasteiger partial charge in [-0.25, -0.2) is 0 Å². The molecule has 0 saturated carbocycles. The lowest BCUT2D eigenvalue weighted by molar-refractivity contribution is -0.144. The van der Waals surface area contributed by atoms with Crippen molar-refractivity contribution in [2.45, 2.75) is 6.42 Å². The van der Waals surface area contributed by atoms with Gasteiger partial charge in [0.15, 0.2) is 0 Å². The average molecular weight is 340 g/mol. The van der Waals surface area contributed by atoms with Gasteiger partial charge in [-0.05, 0) is 18.2 Å². The van der Waals surface area contributed by atoms with Gasteiger partial charge in [0, 0.05) is 4.47 Å². The number of aliphatic carboxylic acids is 1. The second kappa shape index (κ2) is 8.23. The summed E-state index contributed by atoms with van der Waals surface area (Å²) >= 11 is 3.31. The monoisotopic (exact) mass is 339 g/mol. The fraction of sp³-hybridized carbons (Fsp3) is 0.286. The molecule has 0 saturated heterocycles. The van der Waals surface area contributed by atoms with Crippen LogP contribution >= 0.6 is 15.9 Å². The fourth-order valence-corrected chi connectivity index (χ4v) is 1.86. The van der Waals surface area contributed by atoms with Crippen molar-refractivity contribution < 1.29 is 19.4 Å². The van der Waals surface area contributed by atoms with Gasteiger partial charge in [0.05, 0.1) is 19.6 Å². The van der Waals surface area contributed by atoms with Crippen LogP contribution in [-0.2, 0) is 9.59 Å². The molecule has 0 atom stereocenters. The number of nitrogens with zero attached hydrogens (tertiary/aromatic N) is 1. The molecule has 20 heavy (non-hydrogen) atoms. The number of carboxylic acid groups (broad SMARTS) is 1. The van der Waals surface area contributed by atoms with Crippen LogP contribution in [0.3, 0.4) is 0 Å². The van der Waals surface area contributed by atoms with Gasteiger partial charge in [-0.1, -0.05) is 27.9 Å². The molecule has 0 aliphatic heterocycles. The lowest BCUT2D eigenvalue weighted by Crippen LogP contribution is -2.36. The van der Waals surface area contributed by atoms with Crippen molar-refractivity contribution >= 4 is 27.8 Å². The second-order valence-corrected chi connectivity index (χ2v) is 4.82. The van der Waals surface area contributed by atoms with Crippen LogP contribution in [0.1, 0.15) is 6.42 Å². The van der Waals surface area contributed by atoms with Gasteiger partial charge in [0.2, 0.25) is 5.91 Å². The lowest BCUT2D eigenvalue weighted by Gasteiger charge is -2.17. The number of carboxylic acids is 1. The van der Waals surface area contributed by atoms with Crippen molar-refractivity contribution in [1.29, 1.82) is 0 Å². The zero-order valence-electron chi connectivity index (χ0n) is 10.7. The number of ether oxygens (including phenoxy) is 1. The number of halogens is 1. The van der Waals surface area contributed by atoms with E-state index >= 15 is 0 Å². The quantitative estimate of drug-likeness (QED) is 0.768. The van der Waals surface area contributed by atoms with E-state index < -0.39 is 12.5 Å². The highest BCUT2D eigenvalue weighted by Gasteiger charge is 2.15. The Kier molecular flexibility index (Phi) is 6.60. The Balaban J connectivity index is 2.45. The predicted octanol–water partition coefficient (Wildman–Crippen LogP) is 1.76. The van der Waals surface area contributed by atoms with Crippen LogP contribution in [-0.4, -0.2) is 41.6 Å². The lowest BCUT2D eigenvalue weighted by atomic mass is 10.3. The third-order valence-electron chi connectivity index (χ3n) is 2.34. The molecule has 1 aromatic carbocycles. The minimum atomic E-state index is -1.10. The van der Waals surface area contributed by atoms with E-state index in [0.717, 1.165) is 9.37 Å². The van der Waals surface area contributed by atoms with Crippen LogP contribution in [0.25, 0.3) is 0 Å². The summed E-state index contributed by atoms with van der Waals surface area (Å²) < 4.78 is 6.29. The fourth-order valence-electron chi connectivity index (χ4n) is 1.48. The number of rotatable bonds is 7. The number of terminal acetylenes is 1. The number of hydrogen-bond donors (Lipinski definition) is 1. The molecule has 1 N–H and O–H groups in total. The summed E-state index contributed by atoms with van der Waals surface area (Å²) in [4.78, 5) is 23.5. The predicted molar refractivity (Wildman–Crippen MR) is 77.3 cm³/mol. The summed E-state index contributed by atoms with van der Waals surface area (Å²) in [5.74, 6) is 1.45. The molecule has 0 aromatic heterocycles. The summed E-state index contributed by atoms with van der Waals surface area (Å²) in [6.45, 7) is -0.266. The molecule has 5 nitrogen and oxygen atoms in total. The summed E-state index contributed by atoms with van der Waals surface area (Å²) in [5.41, 5.74) is 0. The first kappa shape index (κ1) is 16.1. The van der Waals surface area contributed by atoms with Crippen LogP contribution < -0.4 is 4.74 Å². The van der Waals surface area contributed by atoms with Crippen LogP contribution in [0.2, 0.25) is 0 Å². The van der Waals surface area contributed by atoms with Gasteiger partial charge in [-0.3, -0.25) is 9.59 Å². The molecule has 6 heteroatoms. The maximum atomic E-state index is 11.8. The van der Waals surface area contributed by atoms with E-state index in [1.165, 1.54) is 0 Å². The highest BCUT2D eigenvalue weighted by molar-refractivity contribution is 9.10. The summed E-state index contributed by atoms with van der Waals surface area (Å²) in [6.07, 6.45) is 5.18. The Morgan fingerprint density at radius 2 is 2.20 bits per heavy atom. The number of carbonyl (C=O) groups excluding carboxylic acids is 1. The molecule has 0 unspecified atom stereocenters. The van der Waals surface area contributed by atoms with Crippen LogP contribution in [0, 0.1) is 12.3 Å². The normalized spacial score (nSPS) is 9.60. The van der Waals surface area contributed by atoms with Gasteiger partial charge in [0.1, 0.15) is 12.3 Å². The Hall–Kier alpha value is -2.00. The summed E-state index contributed by atoms with van der Waals surface area (Å²) in [7, 11) is 0. The zero-order valence-corrected chi connectivity index (χ0v) is 12.3. The summed E-state index contributed by atoms with van der Waals surface area (Å²) in [6, 6.07) is 7.22. The molecule has 106 valence electrons. The van der Waals surface area contributed by atoms with E-state index in [1.807, 2.05) is 12.1 Å². The van der Waals surface area contributed by atoms with Gasteiger partial charge < -0.3 is 14.7 Å². The minimum absolute atomic E-state index is 0.0258. The molecule has 0 spiro atoms. The molecular formula is C14H14BrNO4. The van der Waals surface area contributed by atoms with Gasteiger partial charge in [-0.15, -0.1) is 6.42 Å². The van der Waals surface area contributed by atoms with Crippen molar-refractivity contribution in [1.82, 2.24) is 4.90 Å². The van der Waals surface area contributed by atoms with Crippen molar-refractivity contribution in [3.63, 3.8) is 0 Å². The van der Waals surface area contributed by atoms with Crippen molar-refractivity contribution in [2.75, 3.05) is 19.7 Å². The first-order chi connectivity index (χ1) is 9.52. The van der Waals surface area contributed by atoms with E-state index in [2.05, 4.69) is 21.9 Å². The Morgan fingerprint density at radius 3 is 2.80 bits per heavy atom. The Labute approximate surface area is 125 Å². The summed E-state index contributed by atoms with van der Waals surface area (Å²) in [5, 5.41) is 8.69. The standard InChI is InChI=1S/C14H14BrNO4/c1-2-7-16(10-14(18)19)13(17)6-8-20-12-5-3-4-11(15)9-12/h1,3-5,9H,6-8,10H2,(H,18,19). The molecule has 1 aromatic rings. The maximum Gasteiger partial charge on any atom is 0.323 e. The van der Waals surface area contributed by atoms with E-state index in [0.29, 0.717) is 5.75 Å². The van der Waals surface area contributed by atoms with E-state index in [1.54, 1.807) is 12.1 Å². The van der Waals surface area contributed by atoms with Crippen LogP contribution in [0.15, 0.2) is 28.7 Å². The van der Waals surface area contributed by atoms with Crippen LogP contribution in [0.4, 0.5) is 0 Å². The van der Waals surface area contributed by atoms with E-state index in [9.17, 15) is 9.59 Å². The highest BCUT2D eigenvalue weighted by Crippen LogP contribution is 2.17.